The van der Waals surface area contributed by atoms with E-state index >= 15 is 0 Å². The molecule has 2 aliphatic heterocycles. The van der Waals surface area contributed by atoms with E-state index < -0.39 is 0 Å². The first-order chi connectivity index (χ1) is 12.2. The van der Waals surface area contributed by atoms with Crippen molar-refractivity contribution >= 4 is 17.5 Å². The lowest BCUT2D eigenvalue weighted by Gasteiger charge is -2.33. The summed E-state index contributed by atoms with van der Waals surface area (Å²) < 4.78 is 0. The van der Waals surface area contributed by atoms with Gasteiger partial charge in [0.25, 0.3) is 0 Å². The van der Waals surface area contributed by atoms with E-state index in [9.17, 15) is 9.90 Å². The largest absolute Gasteiger partial charge is 0.394 e. The molecule has 3 heterocycles. The third-order valence-corrected chi connectivity index (χ3v) is 5.56. The molecule has 7 nitrogen and oxygen atoms in total. The maximum absolute atomic E-state index is 12.4. The van der Waals surface area contributed by atoms with Gasteiger partial charge in [-0.2, -0.15) is 0 Å². The van der Waals surface area contributed by atoms with Crippen molar-refractivity contribution in [3.8, 4) is 0 Å². The first-order valence-electron chi connectivity index (χ1n) is 9.49. The minimum absolute atomic E-state index is 0.0461. The van der Waals surface area contributed by atoms with Gasteiger partial charge in [0.1, 0.15) is 18.0 Å². The average Bonchev–Trinajstić information content (AvgIpc) is 3.34. The van der Waals surface area contributed by atoms with Crippen LogP contribution in [0.4, 0.5) is 11.6 Å². The molecule has 1 amide bonds. The summed E-state index contributed by atoms with van der Waals surface area (Å²) in [4.78, 5) is 25.6. The zero-order chi connectivity index (χ0) is 17.2. The Morgan fingerprint density at radius 2 is 1.96 bits per heavy atom. The molecular weight excluding hydrogens is 318 g/mol. The van der Waals surface area contributed by atoms with Gasteiger partial charge >= 0.3 is 0 Å². The van der Waals surface area contributed by atoms with Crippen LogP contribution in [-0.2, 0) is 4.79 Å². The number of carbonyl (C=O) groups excluding carboxylic acids is 1. The molecule has 2 N–H and O–H groups in total. The van der Waals surface area contributed by atoms with Gasteiger partial charge in [0, 0.05) is 31.7 Å². The summed E-state index contributed by atoms with van der Waals surface area (Å²) >= 11 is 0. The molecule has 3 fully saturated rings. The van der Waals surface area contributed by atoms with Gasteiger partial charge in [0.2, 0.25) is 5.91 Å². The summed E-state index contributed by atoms with van der Waals surface area (Å²) in [7, 11) is 0. The van der Waals surface area contributed by atoms with Crippen LogP contribution in [0.5, 0.6) is 0 Å². The maximum atomic E-state index is 12.4. The molecule has 1 aromatic heterocycles. The third kappa shape index (κ3) is 3.71. The topological polar surface area (TPSA) is 81.6 Å². The fraction of sp³-hybridized carbons (Fsp3) is 0.722. The number of piperidine rings is 1. The Morgan fingerprint density at radius 1 is 1.16 bits per heavy atom. The van der Waals surface area contributed by atoms with Gasteiger partial charge in [-0.3, -0.25) is 4.79 Å². The number of nitrogens with zero attached hydrogens (tertiary/aromatic N) is 4. The van der Waals surface area contributed by atoms with Crippen molar-refractivity contribution in [3.63, 3.8) is 0 Å². The van der Waals surface area contributed by atoms with Crippen molar-refractivity contribution in [2.24, 2.45) is 5.92 Å². The second-order valence-electron chi connectivity index (χ2n) is 7.47. The summed E-state index contributed by atoms with van der Waals surface area (Å²) in [6, 6.07) is 2.58. The Hall–Kier alpha value is -1.89. The molecule has 2 atom stereocenters. The van der Waals surface area contributed by atoms with Crippen molar-refractivity contribution in [2.45, 2.75) is 50.6 Å². The third-order valence-electron chi connectivity index (χ3n) is 5.56. The molecule has 0 bridgehead atoms. The Bertz CT molecular complexity index is 621. The number of aromatic nitrogens is 2. The number of carbonyl (C=O) groups is 1. The molecule has 136 valence electrons. The fourth-order valence-corrected chi connectivity index (χ4v) is 3.94. The molecule has 0 spiro atoms. The number of hydrogen-bond acceptors (Lipinski definition) is 6. The molecule has 0 radical (unpaired) electrons. The highest BCUT2D eigenvalue weighted by Gasteiger charge is 2.31. The molecule has 3 aliphatic rings. The van der Waals surface area contributed by atoms with Crippen LogP contribution in [0, 0.1) is 5.92 Å². The van der Waals surface area contributed by atoms with Crippen molar-refractivity contribution in [2.75, 3.05) is 36.0 Å². The highest BCUT2D eigenvalue weighted by molar-refractivity contribution is 5.80. The monoisotopic (exact) mass is 345 g/mol. The smallest absolute Gasteiger partial charge is 0.225 e. The van der Waals surface area contributed by atoms with E-state index in [4.69, 9.17) is 0 Å². The van der Waals surface area contributed by atoms with E-state index in [1.807, 2.05) is 6.07 Å². The molecular formula is C18H27N5O2. The van der Waals surface area contributed by atoms with Crippen LogP contribution in [0.2, 0.25) is 0 Å². The van der Waals surface area contributed by atoms with E-state index in [1.165, 1.54) is 0 Å². The summed E-state index contributed by atoms with van der Waals surface area (Å²) in [5.41, 5.74) is 0. The van der Waals surface area contributed by atoms with Gasteiger partial charge < -0.3 is 20.2 Å². The predicted molar refractivity (Wildman–Crippen MR) is 95.6 cm³/mol. The van der Waals surface area contributed by atoms with Gasteiger partial charge in [-0.05, 0) is 38.5 Å². The lowest BCUT2D eigenvalue weighted by Crippen LogP contribution is -2.44. The van der Waals surface area contributed by atoms with Gasteiger partial charge in [-0.25, -0.2) is 9.97 Å². The normalized spacial score (nSPS) is 26.8. The Balaban J connectivity index is 1.45. The highest BCUT2D eigenvalue weighted by atomic mass is 16.3. The maximum Gasteiger partial charge on any atom is 0.225 e. The minimum Gasteiger partial charge on any atom is -0.394 e. The number of aliphatic hydroxyl groups excluding tert-OH is 1. The van der Waals surface area contributed by atoms with Crippen LogP contribution < -0.4 is 15.1 Å². The molecule has 1 saturated carbocycles. The second-order valence-corrected chi connectivity index (χ2v) is 7.47. The number of hydrogen-bond donors (Lipinski definition) is 2. The number of rotatable bonds is 5. The number of amides is 1. The molecule has 0 aromatic carbocycles. The molecule has 1 aromatic rings. The molecule has 4 rings (SSSR count). The molecule has 1 aliphatic carbocycles. The first-order valence-corrected chi connectivity index (χ1v) is 9.49. The zero-order valence-electron chi connectivity index (χ0n) is 14.6. The van der Waals surface area contributed by atoms with Gasteiger partial charge in [0.05, 0.1) is 18.6 Å². The number of nitrogens with one attached hydrogen (secondary N) is 1. The predicted octanol–water partition coefficient (Wildman–Crippen LogP) is 0.933. The standard InChI is InChI=1S/C18H27N5O2/c24-11-15-4-2-8-23(15)17-9-16(19-12-20-17)22-7-1-3-13(10-22)18(25)21-14-5-6-14/h9,12-15,24H,1-8,10-11H2,(H,21,25)/t13-,15-/m0/s1. The first kappa shape index (κ1) is 16.6. The number of anilines is 2. The second kappa shape index (κ2) is 7.15. The summed E-state index contributed by atoms with van der Waals surface area (Å²) in [6.07, 6.45) is 7.89. The van der Waals surface area contributed by atoms with Crippen LogP contribution in [-0.4, -0.2) is 59.3 Å². The minimum atomic E-state index is 0.0461. The van der Waals surface area contributed by atoms with Gasteiger partial charge in [0.15, 0.2) is 0 Å². The Morgan fingerprint density at radius 3 is 2.76 bits per heavy atom. The molecule has 2 saturated heterocycles. The van der Waals surface area contributed by atoms with E-state index in [-0.39, 0.29) is 24.5 Å². The van der Waals surface area contributed by atoms with Gasteiger partial charge in [-0.1, -0.05) is 0 Å². The lowest BCUT2D eigenvalue weighted by atomic mass is 9.97. The zero-order valence-corrected chi connectivity index (χ0v) is 14.6. The van der Waals surface area contributed by atoms with Crippen LogP contribution in [0.3, 0.4) is 0 Å². The SMILES string of the molecule is O=C(NC1CC1)[C@H]1CCCN(c2cc(N3CCC[C@H]3CO)ncn2)C1. The van der Waals surface area contributed by atoms with Crippen molar-refractivity contribution in [1.82, 2.24) is 15.3 Å². The van der Waals surface area contributed by atoms with E-state index in [2.05, 4.69) is 25.1 Å². The quantitative estimate of drug-likeness (QED) is 0.826. The summed E-state index contributed by atoms with van der Waals surface area (Å²) in [5.74, 6) is 2.01. The molecule has 0 unspecified atom stereocenters. The van der Waals surface area contributed by atoms with E-state index in [1.54, 1.807) is 6.33 Å². The molecule has 25 heavy (non-hydrogen) atoms. The lowest BCUT2D eigenvalue weighted by molar-refractivity contribution is -0.125. The summed E-state index contributed by atoms with van der Waals surface area (Å²) in [5, 5.41) is 12.7. The van der Waals surface area contributed by atoms with Crippen LogP contribution in [0.25, 0.3) is 0 Å². The average molecular weight is 345 g/mol. The number of aliphatic hydroxyl groups is 1. The van der Waals surface area contributed by atoms with Gasteiger partial charge in [-0.15, -0.1) is 0 Å². The van der Waals surface area contributed by atoms with Crippen molar-refractivity contribution in [1.29, 1.82) is 0 Å². The Kier molecular flexibility index (Phi) is 4.74. The summed E-state index contributed by atoms with van der Waals surface area (Å²) in [6.45, 7) is 2.73. The fourth-order valence-electron chi connectivity index (χ4n) is 3.94. The highest BCUT2D eigenvalue weighted by Crippen LogP contribution is 2.28. The van der Waals surface area contributed by atoms with Crippen molar-refractivity contribution < 1.29 is 9.90 Å². The van der Waals surface area contributed by atoms with E-state index in [0.29, 0.717) is 6.04 Å². The van der Waals surface area contributed by atoms with Crippen LogP contribution in [0.15, 0.2) is 12.4 Å². The molecule has 7 heteroatoms. The van der Waals surface area contributed by atoms with Crippen molar-refractivity contribution in [3.05, 3.63) is 12.4 Å². The Labute approximate surface area is 148 Å². The van der Waals surface area contributed by atoms with E-state index in [0.717, 1.165) is 69.8 Å². The van der Waals surface area contributed by atoms with Crippen LogP contribution >= 0.6 is 0 Å². The van der Waals surface area contributed by atoms with Crippen LogP contribution in [0.1, 0.15) is 38.5 Å².